The average Bonchev–Trinajstić information content (AvgIpc) is 3.00. The lowest BCUT2D eigenvalue weighted by molar-refractivity contribution is 0.122. The van der Waals surface area contributed by atoms with Crippen LogP contribution in [0.25, 0.3) is 0 Å². The van der Waals surface area contributed by atoms with Gasteiger partial charge >= 0.3 is 0 Å². The number of benzene rings is 3. The lowest BCUT2D eigenvalue weighted by atomic mass is 10.2. The molecule has 0 aliphatic carbocycles. The molecule has 3 aromatic rings. The minimum Gasteiger partial charge on any atom is -0.378 e. The molecule has 2 fully saturated rings. The number of anilines is 2. The summed E-state index contributed by atoms with van der Waals surface area (Å²) in [6, 6.07) is 24.5. The zero-order chi connectivity index (χ0) is 30.1. The summed E-state index contributed by atoms with van der Waals surface area (Å²) in [5.74, 6) is 2.61. The summed E-state index contributed by atoms with van der Waals surface area (Å²) in [5, 5.41) is 0. The number of hydrogen-bond acceptors (Lipinski definition) is 4. The van der Waals surface area contributed by atoms with Crippen LogP contribution in [0.1, 0.15) is 5.56 Å². The minimum atomic E-state index is -1.10. The standard InChI is InChI=1S/C12H13NO.C10H12BrNO.C6H4Br2.C5H10Si/c1-2-11-3-5-12(6-4-11)13-7-9-14-10-8-13;11-9-1-3-10(4-2-9)12-5-7-13-8-6-12;7-5-1-2-6(8)4-3-5;1-5-6(2,3)4/h1,3-6H,7-10H2;1-4H,5-8H2;1-4H;1H,2-4H3. The van der Waals surface area contributed by atoms with Gasteiger partial charge in [0.2, 0.25) is 0 Å². The van der Waals surface area contributed by atoms with Crippen LogP contribution < -0.4 is 9.80 Å². The van der Waals surface area contributed by atoms with Gasteiger partial charge in [-0.2, -0.15) is 0 Å². The monoisotopic (exact) mass is 760 g/mol. The van der Waals surface area contributed by atoms with E-state index in [9.17, 15) is 0 Å². The Kier molecular flexibility index (Phi) is 16.5. The van der Waals surface area contributed by atoms with Crippen LogP contribution in [0.5, 0.6) is 0 Å². The molecule has 2 saturated heterocycles. The number of halogens is 3. The van der Waals surface area contributed by atoms with Gasteiger partial charge in [0.1, 0.15) is 8.07 Å². The molecule has 2 heterocycles. The molecule has 0 bridgehead atoms. The predicted octanol–water partition coefficient (Wildman–Crippen LogP) is 8.50. The highest BCUT2D eigenvalue weighted by Gasteiger charge is 2.11. The second-order valence-corrected chi connectivity index (χ2v) is 17.7. The Labute approximate surface area is 273 Å². The SMILES string of the molecule is Brc1ccc(Br)cc1.Brc1ccc(N2CCOCC2)cc1.C#C[Si](C)(C)C.C#Cc1ccc(N2CCOCC2)cc1. The molecule has 0 aromatic heterocycles. The fourth-order valence-electron chi connectivity index (χ4n) is 3.49. The first-order valence-electron chi connectivity index (χ1n) is 13.5. The average molecular weight is 763 g/mol. The van der Waals surface area contributed by atoms with Gasteiger partial charge in [0.15, 0.2) is 0 Å². The Morgan fingerprint density at radius 3 is 1.17 bits per heavy atom. The van der Waals surface area contributed by atoms with Crippen molar-refractivity contribution in [3.63, 3.8) is 0 Å². The summed E-state index contributed by atoms with van der Waals surface area (Å²) in [5.41, 5.74) is 6.19. The highest BCUT2D eigenvalue weighted by Crippen LogP contribution is 2.19. The Hall–Kier alpha value is -2.04. The van der Waals surface area contributed by atoms with E-state index in [2.05, 4.69) is 125 Å². The van der Waals surface area contributed by atoms with Crippen molar-refractivity contribution in [3.8, 4) is 24.3 Å². The molecule has 0 radical (unpaired) electrons. The van der Waals surface area contributed by atoms with E-state index in [1.54, 1.807) is 0 Å². The number of morpholine rings is 2. The quantitative estimate of drug-likeness (QED) is 0.193. The van der Waals surface area contributed by atoms with Gasteiger partial charge < -0.3 is 19.3 Å². The minimum absolute atomic E-state index is 0.816. The number of ether oxygens (including phenoxy) is 2. The molecule has 8 heteroatoms. The van der Waals surface area contributed by atoms with Crippen molar-refractivity contribution >= 4 is 67.2 Å². The molecule has 5 rings (SSSR count). The molecular formula is C33H39Br3N2O2Si. The molecular weight excluding hydrogens is 724 g/mol. The molecule has 4 nitrogen and oxygen atoms in total. The van der Waals surface area contributed by atoms with E-state index >= 15 is 0 Å². The summed E-state index contributed by atoms with van der Waals surface area (Å²) in [4.78, 5) is 4.65. The van der Waals surface area contributed by atoms with Crippen LogP contribution in [-0.4, -0.2) is 60.7 Å². The van der Waals surface area contributed by atoms with Crippen molar-refractivity contribution in [1.82, 2.24) is 0 Å². The van der Waals surface area contributed by atoms with E-state index in [-0.39, 0.29) is 0 Å². The third-order valence-electron chi connectivity index (χ3n) is 5.85. The highest BCUT2D eigenvalue weighted by molar-refractivity contribution is 9.11. The lowest BCUT2D eigenvalue weighted by Crippen LogP contribution is -2.36. The first-order valence-corrected chi connectivity index (χ1v) is 19.4. The number of hydrogen-bond donors (Lipinski definition) is 0. The van der Waals surface area contributed by atoms with Gasteiger partial charge in [-0.15, -0.1) is 18.4 Å². The molecule has 218 valence electrons. The third-order valence-corrected chi connectivity index (χ3v) is 8.30. The van der Waals surface area contributed by atoms with E-state index in [1.165, 1.54) is 11.4 Å². The molecule has 41 heavy (non-hydrogen) atoms. The topological polar surface area (TPSA) is 24.9 Å². The summed E-state index contributed by atoms with van der Waals surface area (Å²) >= 11 is 10.1. The van der Waals surface area contributed by atoms with Crippen molar-refractivity contribution in [2.75, 3.05) is 62.4 Å². The molecule has 3 aromatic carbocycles. The summed E-state index contributed by atoms with van der Waals surface area (Å²) < 4.78 is 13.9. The van der Waals surface area contributed by atoms with Gasteiger partial charge in [0, 0.05) is 56.5 Å². The highest BCUT2D eigenvalue weighted by atomic mass is 79.9. The third kappa shape index (κ3) is 15.1. The smallest absolute Gasteiger partial charge is 0.128 e. The molecule has 2 aliphatic heterocycles. The van der Waals surface area contributed by atoms with Crippen LogP contribution >= 0.6 is 47.8 Å². The summed E-state index contributed by atoms with van der Waals surface area (Å²) in [6.45, 7) is 13.7. The molecule has 0 atom stereocenters. The van der Waals surface area contributed by atoms with Gasteiger partial charge in [-0.05, 0) is 72.8 Å². The maximum absolute atomic E-state index is 5.29. The fraction of sp³-hybridized carbons (Fsp3) is 0.333. The zero-order valence-electron chi connectivity index (χ0n) is 24.1. The van der Waals surface area contributed by atoms with E-state index in [0.717, 1.165) is 71.6 Å². The number of nitrogens with zero attached hydrogens (tertiary/aromatic N) is 2. The molecule has 0 saturated carbocycles. The summed E-state index contributed by atoms with van der Waals surface area (Å²) in [6.07, 6.45) is 10.4. The second-order valence-electron chi connectivity index (χ2n) is 10.2. The second kappa shape index (κ2) is 19.2. The Morgan fingerprint density at radius 2 is 0.878 bits per heavy atom. The fourth-order valence-corrected chi connectivity index (χ4v) is 4.29. The van der Waals surface area contributed by atoms with Gasteiger partial charge in [0.05, 0.1) is 26.4 Å². The van der Waals surface area contributed by atoms with Crippen molar-refractivity contribution in [2.24, 2.45) is 0 Å². The number of rotatable bonds is 2. The van der Waals surface area contributed by atoms with Gasteiger partial charge in [-0.25, -0.2) is 0 Å². The van der Waals surface area contributed by atoms with Crippen molar-refractivity contribution in [2.45, 2.75) is 19.6 Å². The molecule has 0 N–H and O–H groups in total. The first-order chi connectivity index (χ1) is 19.6. The van der Waals surface area contributed by atoms with Crippen LogP contribution in [0.2, 0.25) is 19.6 Å². The maximum atomic E-state index is 5.29. The van der Waals surface area contributed by atoms with E-state index in [0.29, 0.717) is 0 Å². The Bertz CT molecular complexity index is 1200. The zero-order valence-corrected chi connectivity index (χ0v) is 29.8. The Morgan fingerprint density at radius 1 is 0.585 bits per heavy atom. The van der Waals surface area contributed by atoms with E-state index < -0.39 is 8.07 Å². The maximum Gasteiger partial charge on any atom is 0.128 e. The van der Waals surface area contributed by atoms with Gasteiger partial charge in [0.25, 0.3) is 0 Å². The molecule has 2 aliphatic rings. The normalized spacial score (nSPS) is 14.4. The molecule has 0 spiro atoms. The van der Waals surface area contributed by atoms with Gasteiger partial charge in [-0.3, -0.25) is 0 Å². The Balaban J connectivity index is 0.000000202. The lowest BCUT2D eigenvalue weighted by Gasteiger charge is -2.28. The summed E-state index contributed by atoms with van der Waals surface area (Å²) in [7, 11) is -1.10. The van der Waals surface area contributed by atoms with Gasteiger partial charge in [-0.1, -0.05) is 73.4 Å². The van der Waals surface area contributed by atoms with Crippen molar-refractivity contribution < 1.29 is 9.47 Å². The van der Waals surface area contributed by atoms with E-state index in [4.69, 9.17) is 22.3 Å². The van der Waals surface area contributed by atoms with Crippen LogP contribution in [0.3, 0.4) is 0 Å². The largest absolute Gasteiger partial charge is 0.378 e. The molecule has 0 unspecified atom stereocenters. The first kappa shape index (κ1) is 35.2. The predicted molar refractivity (Wildman–Crippen MR) is 189 cm³/mol. The van der Waals surface area contributed by atoms with Crippen LogP contribution in [0.15, 0.2) is 86.2 Å². The van der Waals surface area contributed by atoms with Crippen LogP contribution in [0.4, 0.5) is 11.4 Å². The van der Waals surface area contributed by atoms with Crippen LogP contribution in [0, 0.1) is 24.3 Å². The number of terminal acetylenes is 2. The van der Waals surface area contributed by atoms with Crippen LogP contribution in [-0.2, 0) is 9.47 Å². The van der Waals surface area contributed by atoms with Crippen molar-refractivity contribution in [1.29, 1.82) is 0 Å². The van der Waals surface area contributed by atoms with E-state index in [1.807, 2.05) is 36.4 Å². The van der Waals surface area contributed by atoms with Crippen molar-refractivity contribution in [3.05, 3.63) is 91.8 Å². The molecule has 0 amide bonds.